The molecule has 3 nitrogen and oxygen atoms in total. The number of quaternary nitrogens is 1. The summed E-state index contributed by atoms with van der Waals surface area (Å²) < 4.78 is 1.32. The van der Waals surface area contributed by atoms with Crippen LogP contribution in [0.15, 0.2) is 34.8 Å². The molecule has 0 aromatic heterocycles. The van der Waals surface area contributed by atoms with Crippen molar-refractivity contribution in [1.29, 1.82) is 0 Å². The Labute approximate surface area is 103 Å². The second kappa shape index (κ2) is 4.39. The molecular formula is C12H14BrN2O+. The van der Waals surface area contributed by atoms with Gasteiger partial charge < -0.3 is 0 Å². The number of rotatable bonds is 3. The standard InChI is InChI=1S/C12H14BrN2O/c1-2-15(9-16)7-6-12(14-15)10-4-3-5-11(13)8-10/h3-6,8-9,14H,2,7H2,1H3/q+1. The first-order valence-electron chi connectivity index (χ1n) is 5.26. The average Bonchev–Trinajstić information content (AvgIpc) is 2.74. The quantitative estimate of drug-likeness (QED) is 0.681. The number of hydrogen-bond donors (Lipinski definition) is 1. The molecule has 1 N–H and O–H groups in total. The van der Waals surface area contributed by atoms with Crippen molar-refractivity contribution >= 4 is 28.0 Å². The Bertz CT molecular complexity index is 444. The number of nitrogens with zero attached hydrogens (tertiary/aromatic N) is 1. The molecule has 0 saturated carbocycles. The van der Waals surface area contributed by atoms with Crippen molar-refractivity contribution < 1.29 is 9.39 Å². The van der Waals surface area contributed by atoms with Crippen LogP contribution in [0.4, 0.5) is 0 Å². The van der Waals surface area contributed by atoms with Crippen molar-refractivity contribution in [1.82, 2.24) is 5.43 Å². The Morgan fingerprint density at radius 2 is 2.38 bits per heavy atom. The molecule has 0 saturated heterocycles. The lowest BCUT2D eigenvalue weighted by Crippen LogP contribution is -2.52. The summed E-state index contributed by atoms with van der Waals surface area (Å²) in [6.07, 6.45) is 3.03. The number of carbonyl (C=O) groups is 1. The lowest BCUT2D eigenvalue weighted by atomic mass is 10.2. The number of benzene rings is 1. The van der Waals surface area contributed by atoms with Crippen LogP contribution in [0.3, 0.4) is 0 Å². The molecule has 1 aromatic rings. The molecule has 0 spiro atoms. The number of amides is 1. The van der Waals surface area contributed by atoms with Crippen molar-refractivity contribution in [2.75, 3.05) is 13.1 Å². The first-order valence-corrected chi connectivity index (χ1v) is 6.06. The van der Waals surface area contributed by atoms with Gasteiger partial charge in [0.2, 0.25) is 0 Å². The third-order valence-corrected chi connectivity index (χ3v) is 3.36. The highest BCUT2D eigenvalue weighted by Crippen LogP contribution is 2.22. The van der Waals surface area contributed by atoms with Crippen LogP contribution in [0.1, 0.15) is 12.5 Å². The number of carbonyl (C=O) groups excluding carboxylic acids is 1. The SMILES string of the molecule is CC[N+]1(C=O)CC=C(c2cccc(Br)c2)N1. The Morgan fingerprint density at radius 3 is 2.94 bits per heavy atom. The molecule has 84 valence electrons. The van der Waals surface area contributed by atoms with Gasteiger partial charge in [0.25, 0.3) is 0 Å². The highest BCUT2D eigenvalue weighted by atomic mass is 79.9. The van der Waals surface area contributed by atoms with E-state index in [1.807, 2.05) is 31.2 Å². The molecule has 1 atom stereocenters. The molecule has 1 unspecified atom stereocenters. The molecule has 1 aliphatic heterocycles. The van der Waals surface area contributed by atoms with Crippen LogP contribution in [-0.4, -0.2) is 24.1 Å². The maximum atomic E-state index is 11.1. The molecule has 0 bridgehead atoms. The highest BCUT2D eigenvalue weighted by Gasteiger charge is 2.31. The Hall–Kier alpha value is -1.13. The maximum absolute atomic E-state index is 11.1. The van der Waals surface area contributed by atoms with E-state index in [9.17, 15) is 4.79 Å². The Balaban J connectivity index is 2.23. The normalized spacial score (nSPS) is 23.8. The second-order valence-corrected chi connectivity index (χ2v) is 4.79. The van der Waals surface area contributed by atoms with Crippen LogP contribution in [0.5, 0.6) is 0 Å². The molecule has 0 fully saturated rings. The first-order chi connectivity index (χ1) is 7.69. The molecule has 1 amide bonds. The lowest BCUT2D eigenvalue weighted by Gasteiger charge is -2.25. The van der Waals surface area contributed by atoms with E-state index in [0.717, 1.165) is 28.7 Å². The molecular weight excluding hydrogens is 268 g/mol. The molecule has 1 heterocycles. The third kappa shape index (κ3) is 2.03. The predicted molar refractivity (Wildman–Crippen MR) is 67.0 cm³/mol. The van der Waals surface area contributed by atoms with Gasteiger partial charge in [0, 0.05) is 16.1 Å². The second-order valence-electron chi connectivity index (χ2n) is 3.88. The fourth-order valence-corrected chi connectivity index (χ4v) is 2.18. The number of halogens is 1. The van der Waals surface area contributed by atoms with Gasteiger partial charge in [-0.25, -0.2) is 10.2 Å². The first kappa shape index (κ1) is 11.4. The Kier molecular flexibility index (Phi) is 3.12. The van der Waals surface area contributed by atoms with Gasteiger partial charge in [0.05, 0.1) is 5.70 Å². The zero-order chi connectivity index (χ0) is 11.6. The minimum Gasteiger partial charge on any atom is -0.231 e. The maximum Gasteiger partial charge on any atom is 0.326 e. The fourth-order valence-electron chi connectivity index (χ4n) is 1.78. The van der Waals surface area contributed by atoms with E-state index in [1.54, 1.807) is 0 Å². The van der Waals surface area contributed by atoms with Crippen molar-refractivity contribution in [2.24, 2.45) is 0 Å². The summed E-state index contributed by atoms with van der Waals surface area (Å²) >= 11 is 3.44. The molecule has 1 aliphatic rings. The van der Waals surface area contributed by atoms with E-state index in [1.165, 1.54) is 0 Å². The van der Waals surface area contributed by atoms with Crippen LogP contribution < -0.4 is 5.43 Å². The van der Waals surface area contributed by atoms with Gasteiger partial charge in [-0.2, -0.15) is 4.59 Å². The monoisotopic (exact) mass is 281 g/mol. The van der Waals surface area contributed by atoms with Crippen LogP contribution in [0.2, 0.25) is 0 Å². The van der Waals surface area contributed by atoms with Gasteiger partial charge in [-0.05, 0) is 19.1 Å². The highest BCUT2D eigenvalue weighted by molar-refractivity contribution is 9.10. The lowest BCUT2D eigenvalue weighted by molar-refractivity contribution is -0.869. The fraction of sp³-hybridized carbons (Fsp3) is 0.250. The largest absolute Gasteiger partial charge is 0.326 e. The molecule has 4 heteroatoms. The minimum absolute atomic E-state index is 0.280. The summed E-state index contributed by atoms with van der Waals surface area (Å²) in [5.41, 5.74) is 5.38. The average molecular weight is 282 g/mol. The summed E-state index contributed by atoms with van der Waals surface area (Å²) in [6, 6.07) is 8.05. The van der Waals surface area contributed by atoms with Gasteiger partial charge in [0.1, 0.15) is 13.1 Å². The van der Waals surface area contributed by atoms with Gasteiger partial charge in [-0.1, -0.05) is 28.1 Å². The van der Waals surface area contributed by atoms with E-state index in [4.69, 9.17) is 0 Å². The summed E-state index contributed by atoms with van der Waals surface area (Å²) in [7, 11) is 0. The predicted octanol–water partition coefficient (Wildman–Crippen LogP) is 2.30. The van der Waals surface area contributed by atoms with E-state index in [0.29, 0.717) is 6.54 Å². The smallest absolute Gasteiger partial charge is 0.231 e. The molecule has 0 radical (unpaired) electrons. The number of nitrogens with one attached hydrogen (secondary N) is 1. The van der Waals surface area contributed by atoms with Crippen LogP contribution in [0, 0.1) is 0 Å². The summed E-state index contributed by atoms with van der Waals surface area (Å²) in [5.74, 6) is 0. The third-order valence-electron chi connectivity index (χ3n) is 2.87. The van der Waals surface area contributed by atoms with Gasteiger partial charge in [-0.15, -0.1) is 0 Å². The summed E-state index contributed by atoms with van der Waals surface area (Å²) in [4.78, 5) is 11.1. The zero-order valence-electron chi connectivity index (χ0n) is 9.11. The topological polar surface area (TPSA) is 29.1 Å². The van der Waals surface area contributed by atoms with Crippen LogP contribution in [-0.2, 0) is 4.79 Å². The van der Waals surface area contributed by atoms with Crippen molar-refractivity contribution in [2.45, 2.75) is 6.92 Å². The molecule has 2 rings (SSSR count). The Morgan fingerprint density at radius 1 is 1.56 bits per heavy atom. The van der Waals surface area contributed by atoms with Crippen LogP contribution >= 0.6 is 15.9 Å². The van der Waals surface area contributed by atoms with E-state index in [2.05, 4.69) is 27.4 Å². The minimum atomic E-state index is 0.280. The van der Waals surface area contributed by atoms with Gasteiger partial charge in [-0.3, -0.25) is 0 Å². The van der Waals surface area contributed by atoms with E-state index >= 15 is 0 Å². The number of likely N-dealkylation sites (N-methyl/N-ethyl adjacent to an activating group) is 1. The molecule has 0 aliphatic carbocycles. The molecule has 1 aromatic carbocycles. The summed E-state index contributed by atoms with van der Waals surface area (Å²) in [6.45, 7) is 3.46. The van der Waals surface area contributed by atoms with Crippen LogP contribution in [0.25, 0.3) is 5.70 Å². The van der Waals surface area contributed by atoms with E-state index in [-0.39, 0.29) is 4.59 Å². The zero-order valence-corrected chi connectivity index (χ0v) is 10.7. The van der Waals surface area contributed by atoms with Crippen molar-refractivity contribution in [3.8, 4) is 0 Å². The molecule has 16 heavy (non-hydrogen) atoms. The van der Waals surface area contributed by atoms with E-state index < -0.39 is 0 Å². The van der Waals surface area contributed by atoms with Crippen molar-refractivity contribution in [3.05, 3.63) is 40.4 Å². The van der Waals surface area contributed by atoms with Gasteiger partial charge >= 0.3 is 6.41 Å². The van der Waals surface area contributed by atoms with Gasteiger partial charge in [0.15, 0.2) is 0 Å². The van der Waals surface area contributed by atoms with Crippen molar-refractivity contribution in [3.63, 3.8) is 0 Å². The number of hydrogen-bond acceptors (Lipinski definition) is 2. The summed E-state index contributed by atoms with van der Waals surface area (Å²) in [5, 5.41) is 0.